The van der Waals surface area contributed by atoms with Gasteiger partial charge >= 0.3 is 0 Å². The second kappa shape index (κ2) is 5.29. The van der Waals surface area contributed by atoms with Crippen LogP contribution in [0.1, 0.15) is 13.3 Å². The van der Waals surface area contributed by atoms with Crippen molar-refractivity contribution in [2.24, 2.45) is 0 Å². The number of aromatic nitrogens is 1. The van der Waals surface area contributed by atoms with E-state index in [4.69, 9.17) is 5.73 Å². The van der Waals surface area contributed by atoms with Gasteiger partial charge in [0.25, 0.3) is 0 Å². The van der Waals surface area contributed by atoms with Gasteiger partial charge in [0.1, 0.15) is 0 Å². The number of nitrogens with two attached hydrogens (primary N) is 1. The second-order valence-corrected chi connectivity index (χ2v) is 5.56. The van der Waals surface area contributed by atoms with Gasteiger partial charge in [0.05, 0.1) is 16.9 Å². The fourth-order valence-corrected chi connectivity index (χ4v) is 3.05. The molecule has 0 radical (unpaired) electrons. The van der Waals surface area contributed by atoms with Crippen LogP contribution in [-0.2, 0) is 0 Å². The molecule has 1 aromatic carbocycles. The van der Waals surface area contributed by atoms with E-state index < -0.39 is 0 Å². The van der Waals surface area contributed by atoms with Crippen LogP contribution in [0.2, 0.25) is 0 Å². The van der Waals surface area contributed by atoms with Gasteiger partial charge in [0.15, 0.2) is 0 Å². The molecule has 1 fully saturated rings. The highest BCUT2D eigenvalue weighted by molar-refractivity contribution is 5.97. The van der Waals surface area contributed by atoms with Crippen molar-refractivity contribution in [2.45, 2.75) is 19.4 Å². The maximum atomic E-state index is 6.38. The Morgan fingerprint density at radius 2 is 2.15 bits per heavy atom. The van der Waals surface area contributed by atoms with Crippen LogP contribution < -0.4 is 10.6 Å². The van der Waals surface area contributed by atoms with Gasteiger partial charge in [-0.1, -0.05) is 6.92 Å². The number of hydrogen-bond donors (Lipinski definition) is 1. The lowest BCUT2D eigenvalue weighted by molar-refractivity contribution is 0.213. The summed E-state index contributed by atoms with van der Waals surface area (Å²) in [6.07, 6.45) is 2.98. The van der Waals surface area contributed by atoms with Crippen molar-refractivity contribution in [3.8, 4) is 0 Å². The molecule has 3 rings (SSSR count). The molecular weight excluding hydrogens is 248 g/mol. The van der Waals surface area contributed by atoms with Crippen molar-refractivity contribution in [3.05, 3.63) is 30.5 Å². The molecule has 1 unspecified atom stereocenters. The molecular formula is C16H22N4. The molecule has 1 saturated heterocycles. The van der Waals surface area contributed by atoms with Crippen molar-refractivity contribution < 1.29 is 0 Å². The summed E-state index contributed by atoms with van der Waals surface area (Å²) in [5.74, 6) is 0. The Morgan fingerprint density at radius 3 is 2.95 bits per heavy atom. The minimum absolute atomic E-state index is 0.604. The van der Waals surface area contributed by atoms with Crippen LogP contribution in [0, 0.1) is 0 Å². The summed E-state index contributed by atoms with van der Waals surface area (Å²) < 4.78 is 0. The molecule has 1 aliphatic heterocycles. The van der Waals surface area contributed by atoms with Crippen LogP contribution in [0.25, 0.3) is 10.9 Å². The summed E-state index contributed by atoms with van der Waals surface area (Å²) in [6.45, 7) is 5.41. The van der Waals surface area contributed by atoms with Gasteiger partial charge in [-0.2, -0.15) is 0 Å². The van der Waals surface area contributed by atoms with E-state index in [9.17, 15) is 0 Å². The number of likely N-dealkylation sites (N-methyl/N-ethyl adjacent to an activating group) is 1. The molecule has 0 spiro atoms. The first-order valence-corrected chi connectivity index (χ1v) is 7.29. The van der Waals surface area contributed by atoms with Crippen molar-refractivity contribution in [2.75, 3.05) is 37.3 Å². The molecule has 4 nitrogen and oxygen atoms in total. The Kier molecular flexibility index (Phi) is 3.49. The Balaban J connectivity index is 1.96. The molecule has 4 heteroatoms. The summed E-state index contributed by atoms with van der Waals surface area (Å²) in [6, 6.07) is 8.78. The maximum absolute atomic E-state index is 6.38. The number of benzene rings is 1. The number of nitrogens with zero attached hydrogens (tertiary/aromatic N) is 3. The number of nitrogen functional groups attached to an aromatic ring is 1. The lowest BCUT2D eigenvalue weighted by Gasteiger charge is -2.40. The first-order valence-electron chi connectivity index (χ1n) is 7.29. The van der Waals surface area contributed by atoms with Crippen molar-refractivity contribution in [3.63, 3.8) is 0 Å². The molecule has 0 bridgehead atoms. The van der Waals surface area contributed by atoms with Crippen LogP contribution in [0.4, 0.5) is 11.4 Å². The van der Waals surface area contributed by atoms with Crippen LogP contribution in [-0.4, -0.2) is 42.6 Å². The van der Waals surface area contributed by atoms with E-state index in [0.29, 0.717) is 6.04 Å². The summed E-state index contributed by atoms with van der Waals surface area (Å²) >= 11 is 0. The van der Waals surface area contributed by atoms with E-state index in [1.54, 1.807) is 0 Å². The predicted molar refractivity (Wildman–Crippen MR) is 85.1 cm³/mol. The van der Waals surface area contributed by atoms with Crippen LogP contribution >= 0.6 is 0 Å². The quantitative estimate of drug-likeness (QED) is 0.851. The van der Waals surface area contributed by atoms with Crippen LogP contribution in [0.15, 0.2) is 30.5 Å². The van der Waals surface area contributed by atoms with Gasteiger partial charge in [-0.15, -0.1) is 0 Å². The molecule has 2 aromatic rings. The van der Waals surface area contributed by atoms with E-state index in [1.165, 1.54) is 6.42 Å². The van der Waals surface area contributed by atoms with Gasteiger partial charge in [-0.05, 0) is 37.7 Å². The van der Waals surface area contributed by atoms with Crippen LogP contribution in [0.5, 0.6) is 0 Å². The molecule has 1 aliphatic rings. The van der Waals surface area contributed by atoms with Gasteiger partial charge in [-0.25, -0.2) is 0 Å². The monoisotopic (exact) mass is 270 g/mol. The normalized spacial score (nSPS) is 20.5. The number of fused-ring (bicyclic) bond motifs is 1. The smallest absolute Gasteiger partial charge is 0.0724 e. The third-order valence-corrected chi connectivity index (χ3v) is 4.39. The van der Waals surface area contributed by atoms with Gasteiger partial charge in [0, 0.05) is 37.3 Å². The van der Waals surface area contributed by atoms with Gasteiger partial charge in [0.2, 0.25) is 0 Å². The fourth-order valence-electron chi connectivity index (χ4n) is 3.05. The third-order valence-electron chi connectivity index (χ3n) is 4.39. The average Bonchev–Trinajstić information content (AvgIpc) is 2.49. The van der Waals surface area contributed by atoms with E-state index in [2.05, 4.69) is 47.0 Å². The number of rotatable bonds is 2. The lowest BCUT2D eigenvalue weighted by Crippen LogP contribution is -2.51. The van der Waals surface area contributed by atoms with Gasteiger partial charge < -0.3 is 10.6 Å². The molecule has 2 heterocycles. The van der Waals surface area contributed by atoms with Gasteiger partial charge in [-0.3, -0.25) is 9.88 Å². The highest BCUT2D eigenvalue weighted by Gasteiger charge is 2.24. The standard InChI is InChI=1S/C16H22N4/c1-3-12-11-20(10-9-19(12)2)15-7-6-14-13(16(15)17)5-4-8-18-14/h4-8,12H,3,9-11,17H2,1-2H3. The number of piperazine rings is 1. The Hall–Kier alpha value is -1.81. The number of anilines is 2. The van der Waals surface area contributed by atoms with Crippen molar-refractivity contribution in [1.82, 2.24) is 9.88 Å². The van der Waals surface area contributed by atoms with E-state index in [1.807, 2.05) is 12.3 Å². The Bertz CT molecular complexity index is 610. The average molecular weight is 270 g/mol. The predicted octanol–water partition coefficient (Wildman–Crippen LogP) is 2.35. The zero-order chi connectivity index (χ0) is 14.1. The minimum Gasteiger partial charge on any atom is -0.396 e. The fraction of sp³-hybridized carbons (Fsp3) is 0.438. The molecule has 106 valence electrons. The molecule has 1 atom stereocenters. The summed E-state index contributed by atoms with van der Waals surface area (Å²) in [5.41, 5.74) is 9.35. The van der Waals surface area contributed by atoms with E-state index in [-0.39, 0.29) is 0 Å². The Labute approximate surface area is 120 Å². The minimum atomic E-state index is 0.604. The first kappa shape index (κ1) is 13.2. The molecule has 0 saturated carbocycles. The zero-order valence-corrected chi connectivity index (χ0v) is 12.2. The number of hydrogen-bond acceptors (Lipinski definition) is 4. The largest absolute Gasteiger partial charge is 0.396 e. The van der Waals surface area contributed by atoms with Crippen molar-refractivity contribution >= 4 is 22.3 Å². The lowest BCUT2D eigenvalue weighted by atomic mass is 10.1. The molecule has 0 amide bonds. The summed E-state index contributed by atoms with van der Waals surface area (Å²) in [5, 5.41) is 1.05. The van der Waals surface area contributed by atoms with E-state index in [0.717, 1.165) is 41.9 Å². The summed E-state index contributed by atoms with van der Waals surface area (Å²) in [4.78, 5) is 9.22. The Morgan fingerprint density at radius 1 is 1.30 bits per heavy atom. The molecule has 0 aliphatic carbocycles. The highest BCUT2D eigenvalue weighted by Crippen LogP contribution is 2.31. The first-order chi connectivity index (χ1) is 9.70. The second-order valence-electron chi connectivity index (χ2n) is 5.56. The van der Waals surface area contributed by atoms with Crippen LogP contribution in [0.3, 0.4) is 0 Å². The highest BCUT2D eigenvalue weighted by atomic mass is 15.3. The topological polar surface area (TPSA) is 45.4 Å². The third kappa shape index (κ3) is 2.20. The number of pyridine rings is 1. The van der Waals surface area contributed by atoms with E-state index >= 15 is 0 Å². The summed E-state index contributed by atoms with van der Waals surface area (Å²) in [7, 11) is 2.21. The molecule has 1 aromatic heterocycles. The molecule has 20 heavy (non-hydrogen) atoms. The molecule has 2 N–H and O–H groups in total. The maximum Gasteiger partial charge on any atom is 0.0724 e. The van der Waals surface area contributed by atoms with Crippen molar-refractivity contribution in [1.29, 1.82) is 0 Å². The SMILES string of the molecule is CCC1CN(c2ccc3ncccc3c2N)CCN1C. The zero-order valence-electron chi connectivity index (χ0n) is 12.2.